The highest BCUT2D eigenvalue weighted by atomic mass is 35.5. The van der Waals surface area contributed by atoms with Crippen molar-refractivity contribution in [2.75, 3.05) is 19.6 Å². The van der Waals surface area contributed by atoms with Crippen LogP contribution < -0.4 is 5.32 Å². The van der Waals surface area contributed by atoms with E-state index in [9.17, 15) is 8.42 Å². The lowest BCUT2D eigenvalue weighted by molar-refractivity contribution is 0.336. The first kappa shape index (κ1) is 16.7. The Balaban J connectivity index is 2.22. The summed E-state index contributed by atoms with van der Waals surface area (Å²) in [5, 5.41) is 3.91. The van der Waals surface area contributed by atoms with E-state index >= 15 is 0 Å². The molecule has 1 saturated heterocycles. The van der Waals surface area contributed by atoms with E-state index in [1.807, 2.05) is 13.8 Å². The third-order valence-electron chi connectivity index (χ3n) is 3.61. The molecular formula is C15H23ClN2O2S. The Labute approximate surface area is 132 Å². The average Bonchev–Trinajstić information content (AvgIpc) is 2.91. The zero-order chi connectivity index (χ0) is 15.5. The van der Waals surface area contributed by atoms with E-state index in [-0.39, 0.29) is 12.0 Å². The molecule has 6 heteroatoms. The first-order valence-electron chi connectivity index (χ1n) is 7.38. The van der Waals surface area contributed by atoms with Crippen LogP contribution in [0.4, 0.5) is 0 Å². The predicted octanol–water partition coefficient (Wildman–Crippen LogP) is 2.74. The Morgan fingerprint density at radius 1 is 1.33 bits per heavy atom. The molecular weight excluding hydrogens is 308 g/mol. The van der Waals surface area contributed by atoms with Gasteiger partial charge in [-0.05, 0) is 49.6 Å². The van der Waals surface area contributed by atoms with Crippen LogP contribution in [0.5, 0.6) is 0 Å². The summed E-state index contributed by atoms with van der Waals surface area (Å²) in [5.74, 6) is 0.286. The van der Waals surface area contributed by atoms with Crippen molar-refractivity contribution in [3.05, 3.63) is 29.3 Å². The van der Waals surface area contributed by atoms with Gasteiger partial charge in [0.25, 0.3) is 0 Å². The van der Waals surface area contributed by atoms with Crippen LogP contribution in [0.25, 0.3) is 0 Å². The number of nitrogens with zero attached hydrogens (tertiary/aromatic N) is 1. The molecule has 1 heterocycles. The largest absolute Gasteiger partial charge is 0.313 e. The van der Waals surface area contributed by atoms with Crippen LogP contribution in [0.1, 0.15) is 26.7 Å². The van der Waals surface area contributed by atoms with Crippen LogP contribution in [-0.4, -0.2) is 38.4 Å². The van der Waals surface area contributed by atoms with Gasteiger partial charge >= 0.3 is 0 Å². The van der Waals surface area contributed by atoms with Gasteiger partial charge in [-0.3, -0.25) is 0 Å². The van der Waals surface area contributed by atoms with Crippen molar-refractivity contribution in [2.45, 2.75) is 37.6 Å². The molecule has 0 amide bonds. The second-order valence-corrected chi connectivity index (χ2v) is 8.34. The maximum Gasteiger partial charge on any atom is 0.243 e. The predicted molar refractivity (Wildman–Crippen MR) is 86.1 cm³/mol. The summed E-state index contributed by atoms with van der Waals surface area (Å²) in [6.07, 6.45) is 2.14. The highest BCUT2D eigenvalue weighted by Crippen LogP contribution is 2.21. The first-order valence-corrected chi connectivity index (χ1v) is 9.20. The fourth-order valence-electron chi connectivity index (χ4n) is 2.59. The lowest BCUT2D eigenvalue weighted by Crippen LogP contribution is -2.42. The third-order valence-corrected chi connectivity index (χ3v) is 5.70. The molecule has 1 aromatic rings. The summed E-state index contributed by atoms with van der Waals surface area (Å²) in [7, 11) is -3.47. The van der Waals surface area contributed by atoms with Crippen molar-refractivity contribution >= 4 is 21.6 Å². The molecule has 0 aliphatic carbocycles. The summed E-state index contributed by atoms with van der Waals surface area (Å²) in [6.45, 7) is 6.10. The minimum Gasteiger partial charge on any atom is -0.313 e. The Morgan fingerprint density at radius 2 is 2.00 bits per heavy atom. The van der Waals surface area contributed by atoms with Crippen molar-refractivity contribution in [2.24, 2.45) is 5.92 Å². The minimum atomic E-state index is -3.47. The van der Waals surface area contributed by atoms with Gasteiger partial charge in [0.1, 0.15) is 0 Å². The number of hydrogen-bond donors (Lipinski definition) is 1. The van der Waals surface area contributed by atoms with Gasteiger partial charge in [0.2, 0.25) is 10.0 Å². The quantitative estimate of drug-likeness (QED) is 0.872. The standard InChI is InChI=1S/C15H23ClN2O2S/c1-12(2)10-18(11-14-4-3-9-17-14)21(19,20)15-7-5-13(16)6-8-15/h5-8,12,14,17H,3-4,9-11H2,1-2H3. The summed E-state index contributed by atoms with van der Waals surface area (Å²) in [4.78, 5) is 0.311. The van der Waals surface area contributed by atoms with E-state index < -0.39 is 10.0 Å². The molecule has 0 spiro atoms. The second-order valence-electron chi connectivity index (χ2n) is 5.96. The minimum absolute atomic E-state index is 0.255. The van der Waals surface area contributed by atoms with Gasteiger partial charge in [0, 0.05) is 24.2 Å². The first-order chi connectivity index (χ1) is 9.89. The molecule has 0 bridgehead atoms. The molecule has 1 unspecified atom stereocenters. The number of nitrogens with one attached hydrogen (secondary N) is 1. The van der Waals surface area contributed by atoms with Crippen molar-refractivity contribution in [1.29, 1.82) is 0 Å². The zero-order valence-corrected chi connectivity index (χ0v) is 14.1. The van der Waals surface area contributed by atoms with E-state index in [0.29, 0.717) is 23.0 Å². The number of rotatable bonds is 6. The van der Waals surface area contributed by atoms with Crippen molar-refractivity contribution in [1.82, 2.24) is 9.62 Å². The molecule has 0 saturated carbocycles. The van der Waals surface area contributed by atoms with Crippen molar-refractivity contribution < 1.29 is 8.42 Å². The van der Waals surface area contributed by atoms with Gasteiger partial charge in [0.05, 0.1) is 4.90 Å². The van der Waals surface area contributed by atoms with Gasteiger partial charge < -0.3 is 5.32 Å². The van der Waals surface area contributed by atoms with E-state index in [2.05, 4.69) is 5.32 Å². The fraction of sp³-hybridized carbons (Fsp3) is 0.600. The second kappa shape index (κ2) is 7.09. The summed E-state index contributed by atoms with van der Waals surface area (Å²) >= 11 is 5.84. The number of hydrogen-bond acceptors (Lipinski definition) is 3. The smallest absolute Gasteiger partial charge is 0.243 e. The Bertz CT molecular complexity index is 552. The maximum atomic E-state index is 12.8. The van der Waals surface area contributed by atoms with Gasteiger partial charge in [0.15, 0.2) is 0 Å². The fourth-order valence-corrected chi connectivity index (χ4v) is 4.37. The molecule has 2 rings (SSSR count). The molecule has 0 radical (unpaired) electrons. The van der Waals surface area contributed by atoms with Gasteiger partial charge in [-0.15, -0.1) is 0 Å². The number of halogens is 1. The topological polar surface area (TPSA) is 49.4 Å². The van der Waals surface area contributed by atoms with Crippen LogP contribution in [-0.2, 0) is 10.0 Å². The Hall–Kier alpha value is -0.620. The molecule has 1 atom stereocenters. The van der Waals surface area contributed by atoms with Gasteiger partial charge in [-0.25, -0.2) is 8.42 Å². The zero-order valence-electron chi connectivity index (χ0n) is 12.5. The molecule has 1 aliphatic heterocycles. The molecule has 21 heavy (non-hydrogen) atoms. The summed E-state index contributed by atoms with van der Waals surface area (Å²) in [6, 6.07) is 6.65. The third kappa shape index (κ3) is 4.42. The molecule has 118 valence electrons. The van der Waals surface area contributed by atoms with Gasteiger partial charge in [-0.2, -0.15) is 4.31 Å². The van der Waals surface area contributed by atoms with E-state index in [0.717, 1.165) is 19.4 Å². The van der Waals surface area contributed by atoms with Crippen LogP contribution >= 0.6 is 11.6 Å². The summed E-state index contributed by atoms with van der Waals surface area (Å²) in [5.41, 5.74) is 0. The summed E-state index contributed by atoms with van der Waals surface area (Å²) < 4.78 is 27.2. The van der Waals surface area contributed by atoms with Crippen molar-refractivity contribution in [3.8, 4) is 0 Å². The van der Waals surface area contributed by atoms with Crippen molar-refractivity contribution in [3.63, 3.8) is 0 Å². The van der Waals surface area contributed by atoms with Crippen LogP contribution in [0.2, 0.25) is 5.02 Å². The number of benzene rings is 1. The van der Waals surface area contributed by atoms with Crippen LogP contribution in [0, 0.1) is 5.92 Å². The monoisotopic (exact) mass is 330 g/mol. The van der Waals surface area contributed by atoms with E-state index in [4.69, 9.17) is 11.6 Å². The van der Waals surface area contributed by atoms with Crippen LogP contribution in [0.3, 0.4) is 0 Å². The molecule has 4 nitrogen and oxygen atoms in total. The molecule has 1 aromatic carbocycles. The molecule has 0 aromatic heterocycles. The highest BCUT2D eigenvalue weighted by Gasteiger charge is 2.28. The number of sulfonamides is 1. The van der Waals surface area contributed by atoms with E-state index in [1.165, 1.54) is 0 Å². The Morgan fingerprint density at radius 3 is 2.52 bits per heavy atom. The highest BCUT2D eigenvalue weighted by molar-refractivity contribution is 7.89. The van der Waals surface area contributed by atoms with Gasteiger partial charge in [-0.1, -0.05) is 25.4 Å². The Kier molecular flexibility index (Phi) is 5.66. The molecule has 1 N–H and O–H groups in total. The maximum absolute atomic E-state index is 12.8. The lowest BCUT2D eigenvalue weighted by atomic mass is 10.2. The molecule has 1 aliphatic rings. The molecule has 1 fully saturated rings. The SMILES string of the molecule is CC(C)CN(CC1CCCN1)S(=O)(=O)c1ccc(Cl)cc1. The van der Waals surface area contributed by atoms with E-state index in [1.54, 1.807) is 28.6 Å². The lowest BCUT2D eigenvalue weighted by Gasteiger charge is -2.26. The normalized spacial score (nSPS) is 19.6. The van der Waals surface area contributed by atoms with Crippen LogP contribution in [0.15, 0.2) is 29.2 Å². The average molecular weight is 331 g/mol.